The molecule has 350 valence electrons. The van der Waals surface area contributed by atoms with E-state index in [-0.39, 0.29) is 0 Å². The molecule has 74 heavy (non-hydrogen) atoms. The molecule has 0 radical (unpaired) electrons. The second-order valence-corrected chi connectivity index (χ2v) is 19.4. The Morgan fingerprint density at radius 1 is 0.486 bits per heavy atom. The van der Waals surface area contributed by atoms with Crippen molar-refractivity contribution in [3.05, 3.63) is 262 Å². The van der Waals surface area contributed by atoms with Crippen molar-refractivity contribution in [3.63, 3.8) is 0 Å². The molecule has 0 bridgehead atoms. The molecule has 0 fully saturated rings. The number of thiophene rings is 1. The Kier molecular flexibility index (Phi) is 10.9. The van der Waals surface area contributed by atoms with E-state index >= 15 is 0 Å². The number of anilines is 3. The number of hydrogen-bond donors (Lipinski definition) is 0. The molecule has 0 atom stereocenters. The van der Waals surface area contributed by atoms with Crippen molar-refractivity contribution < 1.29 is 0 Å². The molecule has 0 unspecified atom stereocenters. The van der Waals surface area contributed by atoms with Crippen LogP contribution >= 0.6 is 11.3 Å². The van der Waals surface area contributed by atoms with E-state index in [0.717, 1.165) is 110 Å². The van der Waals surface area contributed by atoms with Crippen LogP contribution in [0.1, 0.15) is 11.3 Å². The van der Waals surface area contributed by atoms with Crippen molar-refractivity contribution >= 4 is 111 Å². The van der Waals surface area contributed by atoms with Crippen LogP contribution < -0.4 is 4.90 Å². The van der Waals surface area contributed by atoms with Crippen molar-refractivity contribution in [2.24, 2.45) is 0 Å². The second-order valence-electron chi connectivity index (χ2n) is 18.3. The lowest BCUT2D eigenvalue weighted by Crippen LogP contribution is -2.09. The number of fused-ring (bicyclic) bond motifs is 9. The van der Waals surface area contributed by atoms with E-state index < -0.39 is 0 Å². The zero-order valence-corrected chi connectivity index (χ0v) is 41.3. The summed E-state index contributed by atoms with van der Waals surface area (Å²) < 4.78 is 5.59. The molecule has 4 aromatic heterocycles. The Hall–Kier alpha value is -9.62. The predicted octanol–water partition coefficient (Wildman–Crippen LogP) is 19.0. The first-order valence-corrected chi connectivity index (χ1v) is 25.5. The summed E-state index contributed by atoms with van der Waals surface area (Å²) in [6.07, 6.45) is 9.39. The number of hydrogen-bond acceptors (Lipinski definition) is 4. The highest BCUT2D eigenvalue weighted by Gasteiger charge is 2.23. The van der Waals surface area contributed by atoms with Gasteiger partial charge in [0.15, 0.2) is 0 Å². The Morgan fingerprint density at radius 2 is 1.11 bits per heavy atom. The maximum atomic E-state index is 5.71. The number of allylic oxidation sites excluding steroid dienone is 4. The van der Waals surface area contributed by atoms with Crippen LogP contribution in [0.15, 0.2) is 251 Å². The summed E-state index contributed by atoms with van der Waals surface area (Å²) in [6.45, 7) is 16.5. The summed E-state index contributed by atoms with van der Waals surface area (Å²) in [5.41, 5.74) is 15.3. The molecule has 5 nitrogen and oxygen atoms in total. The van der Waals surface area contributed by atoms with Gasteiger partial charge in [-0.1, -0.05) is 166 Å². The van der Waals surface area contributed by atoms with Crippen LogP contribution in [0.2, 0.25) is 0 Å². The Bertz CT molecular complexity index is 4380. The van der Waals surface area contributed by atoms with E-state index in [1.165, 1.54) is 21.2 Å². The number of aromatic nitrogens is 4. The lowest BCUT2D eigenvalue weighted by atomic mass is 9.98. The van der Waals surface area contributed by atoms with Gasteiger partial charge in [0, 0.05) is 65.0 Å². The summed E-state index contributed by atoms with van der Waals surface area (Å²) >= 11 is 1.79. The summed E-state index contributed by atoms with van der Waals surface area (Å²) in [4.78, 5) is 14.7. The van der Waals surface area contributed by atoms with E-state index in [9.17, 15) is 0 Å². The van der Waals surface area contributed by atoms with E-state index in [1.807, 2.05) is 24.3 Å². The van der Waals surface area contributed by atoms with Gasteiger partial charge in [0.1, 0.15) is 0 Å². The molecule has 13 aromatic rings. The van der Waals surface area contributed by atoms with Crippen LogP contribution in [0.25, 0.3) is 121 Å². The van der Waals surface area contributed by atoms with Gasteiger partial charge in [-0.2, -0.15) is 0 Å². The molecule has 0 aliphatic carbocycles. The topological polar surface area (TPSA) is 38.9 Å². The monoisotopic (exact) mass is 965 g/mol. The third kappa shape index (κ3) is 7.22. The SMILES string of the molecule is C=C/C=C(\C=C)n1c(C=C)c(C=C)c2cc(-c3ccc4c(c3)c3c5ccccc5ccc3n4-c3nc(-c4ccc(N(c5ccccc5)c5ccccc5)cc4)c4c(ccc5cc(-c6ccccc6)sc54)n3)ccc21. The minimum absolute atomic E-state index is 0.606. The van der Waals surface area contributed by atoms with Gasteiger partial charge in [-0.05, 0) is 130 Å². The number of para-hydroxylation sites is 2. The third-order valence-electron chi connectivity index (χ3n) is 14.2. The van der Waals surface area contributed by atoms with Crippen LogP contribution in [0.3, 0.4) is 0 Å². The minimum Gasteiger partial charge on any atom is -0.311 e. The Balaban J connectivity index is 1.04. The van der Waals surface area contributed by atoms with E-state index in [4.69, 9.17) is 9.97 Å². The molecule has 0 aliphatic rings. The first-order chi connectivity index (χ1) is 36.5. The van der Waals surface area contributed by atoms with Crippen LogP contribution in [0.4, 0.5) is 17.1 Å². The van der Waals surface area contributed by atoms with Crippen molar-refractivity contribution in [3.8, 4) is 38.8 Å². The first kappa shape index (κ1) is 44.3. The fourth-order valence-corrected chi connectivity index (χ4v) is 12.1. The first-order valence-electron chi connectivity index (χ1n) is 24.7. The average molecular weight is 966 g/mol. The van der Waals surface area contributed by atoms with Gasteiger partial charge in [0.05, 0.1) is 33.5 Å². The van der Waals surface area contributed by atoms with Gasteiger partial charge < -0.3 is 9.47 Å². The highest BCUT2D eigenvalue weighted by atomic mass is 32.1. The Labute approximate surface area is 433 Å². The van der Waals surface area contributed by atoms with Crippen molar-refractivity contribution in [1.29, 1.82) is 0 Å². The third-order valence-corrected chi connectivity index (χ3v) is 15.4. The van der Waals surface area contributed by atoms with Crippen molar-refractivity contribution in [2.45, 2.75) is 0 Å². The second kappa shape index (κ2) is 18.2. The highest BCUT2D eigenvalue weighted by Crippen LogP contribution is 2.45. The van der Waals surface area contributed by atoms with Crippen molar-refractivity contribution in [2.75, 3.05) is 4.90 Å². The van der Waals surface area contributed by atoms with Crippen LogP contribution in [0, 0.1) is 0 Å². The van der Waals surface area contributed by atoms with Gasteiger partial charge in [-0.25, -0.2) is 9.97 Å². The normalized spacial score (nSPS) is 11.8. The molecule has 0 saturated heterocycles. The molecule has 0 saturated carbocycles. The molecule has 6 heteroatoms. The fraction of sp³-hybridized carbons (Fsp3) is 0. The van der Waals surface area contributed by atoms with Gasteiger partial charge in [-0.3, -0.25) is 4.57 Å². The quantitative estimate of drug-likeness (QED) is 0.115. The molecule has 4 heterocycles. The summed E-state index contributed by atoms with van der Waals surface area (Å²) in [6, 6.07) is 73.7. The maximum Gasteiger partial charge on any atom is 0.235 e. The molecule has 0 N–H and O–H groups in total. The van der Waals surface area contributed by atoms with Crippen LogP contribution in [-0.2, 0) is 0 Å². The van der Waals surface area contributed by atoms with E-state index in [1.54, 1.807) is 17.4 Å². The van der Waals surface area contributed by atoms with Crippen molar-refractivity contribution in [1.82, 2.24) is 19.1 Å². The zero-order valence-electron chi connectivity index (χ0n) is 40.5. The lowest BCUT2D eigenvalue weighted by Gasteiger charge is -2.25. The summed E-state index contributed by atoms with van der Waals surface area (Å²) in [5, 5.41) is 7.87. The van der Waals surface area contributed by atoms with Gasteiger partial charge >= 0.3 is 0 Å². The van der Waals surface area contributed by atoms with Crippen LogP contribution in [0.5, 0.6) is 0 Å². The maximum absolute atomic E-state index is 5.71. The molecular weight excluding hydrogens is 919 g/mol. The Morgan fingerprint density at radius 3 is 1.80 bits per heavy atom. The number of nitrogens with zero attached hydrogens (tertiary/aromatic N) is 5. The molecule has 0 spiro atoms. The standard InChI is InChI=1S/C68H47N5S/c1-5-20-50(6-2)72-59(8-4)54(7-3)56-41-47(33-38-60(56)72)48-34-39-61-57(42-48)64-55-28-19-18-21-44(55)32-40-62(64)73(61)68-69-58-37-31-49-43-63(45-22-12-9-13-23-45)74-67(49)65(58)66(70-68)46-29-35-53(36-30-46)71(51-24-14-10-15-25-51)52-26-16-11-17-27-52/h5-43H,1-4H2/b50-20+. The highest BCUT2D eigenvalue weighted by molar-refractivity contribution is 7.23. The van der Waals surface area contributed by atoms with E-state index in [0.29, 0.717) is 5.95 Å². The molecule has 9 aromatic carbocycles. The molecule has 0 aliphatic heterocycles. The molecular formula is C68H47N5S. The largest absolute Gasteiger partial charge is 0.311 e. The predicted molar refractivity (Wildman–Crippen MR) is 318 cm³/mol. The number of benzene rings is 9. The van der Waals surface area contributed by atoms with Crippen LogP contribution in [-0.4, -0.2) is 19.1 Å². The molecule has 0 amide bonds. The summed E-state index contributed by atoms with van der Waals surface area (Å²) in [7, 11) is 0. The lowest BCUT2D eigenvalue weighted by molar-refractivity contribution is 1.01. The van der Waals surface area contributed by atoms with Gasteiger partial charge in [-0.15, -0.1) is 11.3 Å². The van der Waals surface area contributed by atoms with Gasteiger partial charge in [0.25, 0.3) is 0 Å². The number of rotatable bonds is 12. The smallest absolute Gasteiger partial charge is 0.235 e. The average Bonchev–Trinajstić information content (AvgIpc) is 4.16. The van der Waals surface area contributed by atoms with Gasteiger partial charge in [0.2, 0.25) is 5.95 Å². The zero-order chi connectivity index (χ0) is 49.9. The summed E-state index contributed by atoms with van der Waals surface area (Å²) in [5.74, 6) is 0.606. The minimum atomic E-state index is 0.606. The fourth-order valence-electron chi connectivity index (χ4n) is 10.9. The van der Waals surface area contributed by atoms with E-state index in [2.05, 4.69) is 247 Å². The molecule has 13 rings (SSSR count).